The standard InChI is InChI=1S/C57H113NO4/c1-3-5-7-9-11-13-15-17-19-21-23-24-25-26-27-28-29-30-31-32-34-36-38-40-42-44-46-48-50-52-56(61)57(62)58-54(53-59)55(60)51-49-47-45-43-41-39-37-35-33-22-20-18-16-14-12-10-8-6-4-2/h49,51,54-56,59-61H,3-48,50,52-53H2,1-2H3,(H,58,62)/b51-49+. The average molecular weight is 877 g/mol. The quantitative estimate of drug-likeness (QED) is 0.0362. The predicted octanol–water partition coefficient (Wildman–Crippen LogP) is 17.5. The third-order valence-corrected chi connectivity index (χ3v) is 13.6. The molecular weight excluding hydrogens is 763 g/mol. The molecule has 0 radical (unpaired) electrons. The number of hydrogen-bond acceptors (Lipinski definition) is 4. The van der Waals surface area contributed by atoms with Gasteiger partial charge in [0.1, 0.15) is 6.10 Å². The van der Waals surface area contributed by atoms with Crippen molar-refractivity contribution in [2.75, 3.05) is 6.61 Å². The van der Waals surface area contributed by atoms with Gasteiger partial charge in [-0.2, -0.15) is 0 Å². The Morgan fingerprint density at radius 3 is 0.887 bits per heavy atom. The average Bonchev–Trinajstić information content (AvgIpc) is 3.28. The Labute approximate surface area is 389 Å². The fraction of sp³-hybridized carbons (Fsp3) is 0.947. The molecule has 3 unspecified atom stereocenters. The van der Waals surface area contributed by atoms with Crippen LogP contribution in [0.3, 0.4) is 0 Å². The largest absolute Gasteiger partial charge is 0.394 e. The van der Waals surface area contributed by atoms with Gasteiger partial charge in [-0.25, -0.2) is 0 Å². The maximum absolute atomic E-state index is 12.5. The van der Waals surface area contributed by atoms with Crippen molar-refractivity contribution in [1.82, 2.24) is 5.32 Å². The highest BCUT2D eigenvalue weighted by Crippen LogP contribution is 2.18. The molecule has 0 aromatic heterocycles. The lowest BCUT2D eigenvalue weighted by Crippen LogP contribution is -2.48. The molecule has 0 saturated carbocycles. The second-order valence-electron chi connectivity index (χ2n) is 19.9. The van der Waals surface area contributed by atoms with Crippen LogP contribution in [0.4, 0.5) is 0 Å². The van der Waals surface area contributed by atoms with Crippen molar-refractivity contribution >= 4 is 5.91 Å². The van der Waals surface area contributed by atoms with Crippen molar-refractivity contribution in [3.63, 3.8) is 0 Å². The molecule has 0 fully saturated rings. The van der Waals surface area contributed by atoms with Gasteiger partial charge in [-0.1, -0.05) is 315 Å². The molecule has 4 N–H and O–H groups in total. The third kappa shape index (κ3) is 47.1. The van der Waals surface area contributed by atoms with E-state index in [2.05, 4.69) is 19.2 Å². The summed E-state index contributed by atoms with van der Waals surface area (Å²) in [6, 6.07) is -0.794. The molecule has 62 heavy (non-hydrogen) atoms. The molecule has 0 aliphatic carbocycles. The van der Waals surface area contributed by atoms with Crippen LogP contribution in [0.15, 0.2) is 12.2 Å². The van der Waals surface area contributed by atoms with Gasteiger partial charge in [0.25, 0.3) is 0 Å². The number of amides is 1. The first-order chi connectivity index (χ1) is 30.6. The van der Waals surface area contributed by atoms with Crippen LogP contribution in [0.5, 0.6) is 0 Å². The van der Waals surface area contributed by atoms with Crippen molar-refractivity contribution < 1.29 is 20.1 Å². The van der Waals surface area contributed by atoms with E-state index in [1.54, 1.807) is 6.08 Å². The van der Waals surface area contributed by atoms with Crippen molar-refractivity contribution in [2.45, 2.75) is 340 Å². The van der Waals surface area contributed by atoms with Gasteiger partial charge in [0, 0.05) is 0 Å². The van der Waals surface area contributed by atoms with Crippen LogP contribution in [0, 0.1) is 0 Å². The molecule has 370 valence electrons. The zero-order valence-corrected chi connectivity index (χ0v) is 42.3. The minimum atomic E-state index is -1.09. The number of aliphatic hydroxyl groups is 3. The van der Waals surface area contributed by atoms with Gasteiger partial charge in [0.15, 0.2) is 0 Å². The minimum Gasteiger partial charge on any atom is -0.394 e. The van der Waals surface area contributed by atoms with Gasteiger partial charge in [0.2, 0.25) is 5.91 Å². The topological polar surface area (TPSA) is 89.8 Å². The van der Waals surface area contributed by atoms with Crippen LogP contribution < -0.4 is 5.32 Å². The Morgan fingerprint density at radius 1 is 0.387 bits per heavy atom. The Hall–Kier alpha value is -0.910. The Kier molecular flexibility index (Phi) is 51.9. The lowest BCUT2D eigenvalue weighted by atomic mass is 10.0. The van der Waals surface area contributed by atoms with E-state index in [1.165, 1.54) is 270 Å². The number of rotatable bonds is 53. The third-order valence-electron chi connectivity index (χ3n) is 13.6. The number of carbonyl (C=O) groups excluding carboxylic acids is 1. The Bertz CT molecular complexity index is 879. The summed E-state index contributed by atoms with van der Waals surface area (Å²) in [5, 5.41) is 33.4. The first-order valence-electron chi connectivity index (χ1n) is 28.5. The minimum absolute atomic E-state index is 0.358. The lowest BCUT2D eigenvalue weighted by Gasteiger charge is -2.21. The molecule has 0 aromatic carbocycles. The van der Waals surface area contributed by atoms with Crippen molar-refractivity contribution in [3.05, 3.63) is 12.2 Å². The molecule has 0 aromatic rings. The number of carbonyl (C=O) groups is 1. The molecule has 0 heterocycles. The van der Waals surface area contributed by atoms with Gasteiger partial charge in [0.05, 0.1) is 18.8 Å². The number of hydrogen-bond donors (Lipinski definition) is 4. The maximum atomic E-state index is 12.5. The first-order valence-corrected chi connectivity index (χ1v) is 28.5. The van der Waals surface area contributed by atoms with E-state index in [1.807, 2.05) is 6.08 Å². The molecule has 0 aliphatic rings. The molecule has 0 spiro atoms. The van der Waals surface area contributed by atoms with Gasteiger partial charge in [-0.3, -0.25) is 4.79 Å². The second kappa shape index (κ2) is 52.7. The van der Waals surface area contributed by atoms with E-state index in [-0.39, 0.29) is 6.61 Å². The molecule has 0 rings (SSSR count). The highest BCUT2D eigenvalue weighted by molar-refractivity contribution is 5.80. The number of aliphatic hydroxyl groups excluding tert-OH is 3. The highest BCUT2D eigenvalue weighted by Gasteiger charge is 2.22. The van der Waals surface area contributed by atoms with Gasteiger partial charge >= 0.3 is 0 Å². The molecule has 3 atom stereocenters. The maximum Gasteiger partial charge on any atom is 0.249 e. The molecule has 0 aliphatic heterocycles. The number of unbranched alkanes of at least 4 members (excludes halogenated alkanes) is 45. The van der Waals surface area contributed by atoms with Crippen molar-refractivity contribution in [1.29, 1.82) is 0 Å². The predicted molar refractivity (Wildman–Crippen MR) is 273 cm³/mol. The van der Waals surface area contributed by atoms with E-state index in [0.29, 0.717) is 6.42 Å². The summed E-state index contributed by atoms with van der Waals surface area (Å²) in [5.74, 6) is -0.495. The Morgan fingerprint density at radius 2 is 0.629 bits per heavy atom. The van der Waals surface area contributed by atoms with Crippen LogP contribution in [-0.4, -0.2) is 46.1 Å². The van der Waals surface area contributed by atoms with Gasteiger partial charge in [-0.15, -0.1) is 0 Å². The lowest BCUT2D eigenvalue weighted by molar-refractivity contribution is -0.131. The molecular formula is C57H113NO4. The van der Waals surface area contributed by atoms with Crippen LogP contribution in [0.2, 0.25) is 0 Å². The van der Waals surface area contributed by atoms with Gasteiger partial charge < -0.3 is 20.6 Å². The zero-order chi connectivity index (χ0) is 45.1. The summed E-state index contributed by atoms with van der Waals surface area (Å²) >= 11 is 0. The fourth-order valence-corrected chi connectivity index (χ4v) is 9.19. The molecule has 0 bridgehead atoms. The molecule has 5 heteroatoms. The van der Waals surface area contributed by atoms with Crippen molar-refractivity contribution in [2.24, 2.45) is 0 Å². The fourth-order valence-electron chi connectivity index (χ4n) is 9.19. The summed E-state index contributed by atoms with van der Waals surface area (Å²) < 4.78 is 0. The van der Waals surface area contributed by atoms with E-state index in [0.717, 1.165) is 32.1 Å². The summed E-state index contributed by atoms with van der Waals surface area (Å²) in [5.41, 5.74) is 0. The SMILES string of the molecule is CCCCCCCCCCCCCCCCCCC/C=C/C(O)C(CO)NC(=O)C(O)CCCCCCCCCCCCCCCCCCCCCCCCCCCCCCC. The number of allylic oxidation sites excluding steroid dienone is 1. The zero-order valence-electron chi connectivity index (χ0n) is 42.3. The number of nitrogens with one attached hydrogen (secondary N) is 1. The summed E-state index contributed by atoms with van der Waals surface area (Å²) in [6.07, 6.45) is 65.8. The normalized spacial score (nSPS) is 13.3. The van der Waals surface area contributed by atoms with Crippen molar-refractivity contribution in [3.8, 4) is 0 Å². The highest BCUT2D eigenvalue weighted by atomic mass is 16.3. The smallest absolute Gasteiger partial charge is 0.249 e. The van der Waals surface area contributed by atoms with Gasteiger partial charge in [-0.05, 0) is 19.3 Å². The van der Waals surface area contributed by atoms with Crippen LogP contribution in [-0.2, 0) is 4.79 Å². The summed E-state index contributed by atoms with van der Waals surface area (Å²) in [6.45, 7) is 4.22. The molecule has 5 nitrogen and oxygen atoms in total. The second-order valence-corrected chi connectivity index (χ2v) is 19.9. The van der Waals surface area contributed by atoms with E-state index >= 15 is 0 Å². The van der Waals surface area contributed by atoms with Crippen LogP contribution in [0.1, 0.15) is 322 Å². The van der Waals surface area contributed by atoms with Crippen LogP contribution in [0.25, 0.3) is 0 Å². The van der Waals surface area contributed by atoms with E-state index < -0.39 is 24.2 Å². The first kappa shape index (κ1) is 61.1. The Balaban J connectivity index is 3.51. The summed E-state index contributed by atoms with van der Waals surface area (Å²) in [4.78, 5) is 12.5. The molecule has 1 amide bonds. The summed E-state index contributed by atoms with van der Waals surface area (Å²) in [7, 11) is 0. The monoisotopic (exact) mass is 876 g/mol. The van der Waals surface area contributed by atoms with E-state index in [4.69, 9.17) is 0 Å². The van der Waals surface area contributed by atoms with Crippen LogP contribution >= 0.6 is 0 Å². The van der Waals surface area contributed by atoms with E-state index in [9.17, 15) is 20.1 Å². The molecule has 0 saturated heterocycles.